The number of carbonyl (C=O) groups excluding carboxylic acids is 1. The van der Waals surface area contributed by atoms with E-state index in [4.69, 9.17) is 9.15 Å². The summed E-state index contributed by atoms with van der Waals surface area (Å²) in [4.78, 5) is 15.5. The molecule has 1 aliphatic heterocycles. The predicted octanol–water partition coefficient (Wildman–Crippen LogP) is 1.79. The second kappa shape index (κ2) is 10.4. The quantitative estimate of drug-likeness (QED) is 0.582. The van der Waals surface area contributed by atoms with Gasteiger partial charge in [0.15, 0.2) is 5.76 Å². The van der Waals surface area contributed by atoms with Crippen molar-refractivity contribution in [3.8, 4) is 0 Å². The first-order chi connectivity index (χ1) is 15.2. The van der Waals surface area contributed by atoms with Crippen molar-refractivity contribution in [1.29, 1.82) is 0 Å². The van der Waals surface area contributed by atoms with Crippen molar-refractivity contribution in [2.24, 2.45) is 0 Å². The first-order valence-corrected chi connectivity index (χ1v) is 10.8. The van der Waals surface area contributed by atoms with Crippen LogP contribution in [-0.4, -0.2) is 61.3 Å². The van der Waals surface area contributed by atoms with Crippen molar-refractivity contribution in [3.05, 3.63) is 95.9 Å². The molecular formula is C25H29N2O4+. The lowest BCUT2D eigenvalue weighted by atomic mass is 10.0. The highest BCUT2D eigenvalue weighted by atomic mass is 16.5. The van der Waals surface area contributed by atoms with E-state index in [9.17, 15) is 9.90 Å². The summed E-state index contributed by atoms with van der Waals surface area (Å²) >= 11 is 0. The smallest absolute Gasteiger partial charge is 0.289 e. The van der Waals surface area contributed by atoms with Crippen LogP contribution in [0.1, 0.15) is 27.8 Å². The van der Waals surface area contributed by atoms with Crippen LogP contribution in [0.4, 0.5) is 0 Å². The fraction of sp³-hybridized carbons (Fsp3) is 0.320. The van der Waals surface area contributed by atoms with Crippen LogP contribution in [0.15, 0.2) is 83.5 Å². The number of nitrogens with zero attached hydrogens (tertiary/aromatic N) is 1. The summed E-state index contributed by atoms with van der Waals surface area (Å²) in [6.45, 7) is 3.75. The SMILES string of the molecule is O=C(c1ccco1)N1CC[NH+](C[C@@H](O)COC(c2ccccc2)c2ccccc2)CC1. The van der Waals surface area contributed by atoms with Gasteiger partial charge in [-0.05, 0) is 23.3 Å². The Labute approximate surface area is 182 Å². The molecule has 162 valence electrons. The molecule has 1 amide bonds. The zero-order valence-corrected chi connectivity index (χ0v) is 17.5. The lowest BCUT2D eigenvalue weighted by molar-refractivity contribution is -0.907. The van der Waals surface area contributed by atoms with Gasteiger partial charge in [-0.15, -0.1) is 0 Å². The summed E-state index contributed by atoms with van der Waals surface area (Å²) in [6, 6.07) is 23.6. The molecule has 4 rings (SSSR count). The Hall–Kier alpha value is -2.93. The molecule has 3 aromatic rings. The van der Waals surface area contributed by atoms with E-state index in [0.717, 1.165) is 24.2 Å². The standard InChI is InChI=1S/C25H28N2O4/c28-22(18-26-13-15-27(16-14-26)25(29)23-12-7-17-30-23)19-31-24(20-8-3-1-4-9-20)21-10-5-2-6-11-21/h1-12,17,22,24,28H,13-16,18-19H2/p+1/t22-/m1/s1. The monoisotopic (exact) mass is 421 g/mol. The number of amides is 1. The highest BCUT2D eigenvalue weighted by Crippen LogP contribution is 2.25. The minimum Gasteiger partial charge on any atom is -0.459 e. The summed E-state index contributed by atoms with van der Waals surface area (Å²) in [5.74, 6) is 0.311. The Morgan fingerprint density at radius 2 is 1.58 bits per heavy atom. The number of hydrogen-bond donors (Lipinski definition) is 2. The van der Waals surface area contributed by atoms with E-state index in [0.29, 0.717) is 25.4 Å². The summed E-state index contributed by atoms with van der Waals surface area (Å²) in [6.07, 6.45) is 0.732. The summed E-state index contributed by atoms with van der Waals surface area (Å²) in [5.41, 5.74) is 2.14. The van der Waals surface area contributed by atoms with Crippen LogP contribution in [0.5, 0.6) is 0 Å². The molecule has 31 heavy (non-hydrogen) atoms. The Bertz CT molecular complexity index is 883. The highest BCUT2D eigenvalue weighted by molar-refractivity contribution is 5.91. The van der Waals surface area contributed by atoms with Gasteiger partial charge in [0.1, 0.15) is 18.8 Å². The number of quaternary nitrogens is 1. The molecule has 0 aliphatic carbocycles. The van der Waals surface area contributed by atoms with Gasteiger partial charge < -0.3 is 24.1 Å². The third-order valence-corrected chi connectivity index (χ3v) is 5.67. The summed E-state index contributed by atoms with van der Waals surface area (Å²) in [7, 11) is 0. The minimum absolute atomic E-state index is 0.0681. The molecular weight excluding hydrogens is 392 g/mol. The molecule has 0 radical (unpaired) electrons. The molecule has 1 aromatic heterocycles. The third kappa shape index (κ3) is 5.61. The minimum atomic E-state index is -0.572. The van der Waals surface area contributed by atoms with E-state index < -0.39 is 6.10 Å². The van der Waals surface area contributed by atoms with Gasteiger partial charge in [-0.25, -0.2) is 0 Å². The number of carbonyl (C=O) groups is 1. The van der Waals surface area contributed by atoms with E-state index in [1.54, 1.807) is 12.1 Å². The predicted molar refractivity (Wildman–Crippen MR) is 117 cm³/mol. The topological polar surface area (TPSA) is 67.4 Å². The van der Waals surface area contributed by atoms with Crippen LogP contribution >= 0.6 is 0 Å². The van der Waals surface area contributed by atoms with Gasteiger partial charge in [0, 0.05) is 0 Å². The van der Waals surface area contributed by atoms with Gasteiger partial charge in [0.2, 0.25) is 0 Å². The summed E-state index contributed by atoms with van der Waals surface area (Å²) < 4.78 is 11.4. The molecule has 0 spiro atoms. The molecule has 0 saturated carbocycles. The Kier molecular flexibility index (Phi) is 7.14. The second-order valence-electron chi connectivity index (χ2n) is 7.91. The molecule has 2 heterocycles. The zero-order valence-electron chi connectivity index (χ0n) is 17.5. The van der Waals surface area contributed by atoms with Crippen molar-refractivity contribution in [2.45, 2.75) is 12.2 Å². The van der Waals surface area contributed by atoms with E-state index in [2.05, 4.69) is 0 Å². The van der Waals surface area contributed by atoms with E-state index in [-0.39, 0.29) is 18.6 Å². The maximum absolute atomic E-state index is 12.4. The van der Waals surface area contributed by atoms with Crippen LogP contribution in [0.25, 0.3) is 0 Å². The molecule has 2 N–H and O–H groups in total. The van der Waals surface area contributed by atoms with Gasteiger partial charge >= 0.3 is 0 Å². The average molecular weight is 422 g/mol. The number of piperazine rings is 1. The molecule has 0 unspecified atom stereocenters. The van der Waals surface area contributed by atoms with Crippen LogP contribution in [0, 0.1) is 0 Å². The first kappa shape index (κ1) is 21.3. The molecule has 1 aliphatic rings. The molecule has 6 nitrogen and oxygen atoms in total. The Morgan fingerprint density at radius 3 is 2.13 bits per heavy atom. The van der Waals surface area contributed by atoms with Crippen molar-refractivity contribution in [3.63, 3.8) is 0 Å². The summed E-state index contributed by atoms with van der Waals surface area (Å²) in [5, 5.41) is 10.6. The lowest BCUT2D eigenvalue weighted by Gasteiger charge is -2.32. The third-order valence-electron chi connectivity index (χ3n) is 5.67. The van der Waals surface area contributed by atoms with Crippen LogP contribution < -0.4 is 4.90 Å². The second-order valence-corrected chi connectivity index (χ2v) is 7.91. The van der Waals surface area contributed by atoms with Crippen molar-refractivity contribution < 1.29 is 24.0 Å². The van der Waals surface area contributed by atoms with Crippen LogP contribution in [-0.2, 0) is 4.74 Å². The number of benzene rings is 2. The normalized spacial score (nSPS) is 15.9. The number of rotatable bonds is 8. The van der Waals surface area contributed by atoms with E-state index in [1.165, 1.54) is 11.2 Å². The number of aliphatic hydroxyl groups excluding tert-OH is 1. The van der Waals surface area contributed by atoms with Gasteiger partial charge in [0.05, 0.1) is 39.0 Å². The van der Waals surface area contributed by atoms with E-state index >= 15 is 0 Å². The first-order valence-electron chi connectivity index (χ1n) is 10.8. The fourth-order valence-corrected chi connectivity index (χ4v) is 4.03. The Morgan fingerprint density at radius 1 is 0.968 bits per heavy atom. The van der Waals surface area contributed by atoms with Crippen LogP contribution in [0.3, 0.4) is 0 Å². The number of furan rings is 1. The van der Waals surface area contributed by atoms with Gasteiger partial charge in [-0.2, -0.15) is 0 Å². The number of aliphatic hydroxyl groups is 1. The van der Waals surface area contributed by atoms with Gasteiger partial charge in [-0.3, -0.25) is 4.79 Å². The van der Waals surface area contributed by atoms with Crippen LogP contribution in [0.2, 0.25) is 0 Å². The molecule has 1 fully saturated rings. The lowest BCUT2D eigenvalue weighted by Crippen LogP contribution is -3.15. The highest BCUT2D eigenvalue weighted by Gasteiger charge is 2.27. The van der Waals surface area contributed by atoms with Crippen molar-refractivity contribution in [2.75, 3.05) is 39.3 Å². The maximum Gasteiger partial charge on any atom is 0.289 e. The largest absolute Gasteiger partial charge is 0.459 e. The molecule has 2 aromatic carbocycles. The van der Waals surface area contributed by atoms with E-state index in [1.807, 2.05) is 65.6 Å². The van der Waals surface area contributed by atoms with Crippen molar-refractivity contribution >= 4 is 5.91 Å². The molecule has 6 heteroatoms. The van der Waals surface area contributed by atoms with Crippen molar-refractivity contribution in [1.82, 2.24) is 4.90 Å². The average Bonchev–Trinajstić information content (AvgIpc) is 3.36. The maximum atomic E-state index is 12.4. The fourth-order valence-electron chi connectivity index (χ4n) is 4.03. The molecule has 1 atom stereocenters. The van der Waals surface area contributed by atoms with Gasteiger partial charge in [0.25, 0.3) is 5.91 Å². The number of ether oxygens (including phenoxy) is 1. The van der Waals surface area contributed by atoms with Gasteiger partial charge in [-0.1, -0.05) is 60.7 Å². The zero-order chi connectivity index (χ0) is 21.5. The Balaban J connectivity index is 1.28. The number of nitrogens with one attached hydrogen (secondary N) is 1. The molecule has 0 bridgehead atoms. The molecule has 1 saturated heterocycles. The number of hydrogen-bond acceptors (Lipinski definition) is 4.